The molecule has 1 aromatic heterocycles. The molecule has 3 rings (SSSR count). The molecule has 1 unspecified atom stereocenters. The summed E-state index contributed by atoms with van der Waals surface area (Å²) in [6, 6.07) is 14.7. The van der Waals surface area contributed by atoms with Gasteiger partial charge in [-0.15, -0.1) is 0 Å². The summed E-state index contributed by atoms with van der Waals surface area (Å²) in [4.78, 5) is 29.8. The van der Waals surface area contributed by atoms with Crippen LogP contribution in [0.3, 0.4) is 0 Å². The topological polar surface area (TPSA) is 70.5 Å². The number of benzene rings is 1. The molecule has 1 aliphatic rings. The molecule has 0 spiro atoms. The lowest BCUT2D eigenvalue weighted by atomic mass is 9.82. The van der Waals surface area contributed by atoms with Gasteiger partial charge in [0.2, 0.25) is 0 Å². The Morgan fingerprint density at radius 1 is 1.08 bits per heavy atom. The van der Waals surface area contributed by atoms with Crippen molar-refractivity contribution in [1.29, 1.82) is 0 Å². The third-order valence-electron chi connectivity index (χ3n) is 4.82. The molecule has 1 aliphatic heterocycles. The van der Waals surface area contributed by atoms with Crippen LogP contribution in [0.1, 0.15) is 52.7 Å². The molecule has 1 N–H and O–H groups in total. The van der Waals surface area contributed by atoms with Gasteiger partial charge in [0.05, 0.1) is 0 Å². The number of rotatable bonds is 3. The predicted octanol–water partition coefficient (Wildman–Crippen LogP) is 3.19. The van der Waals surface area contributed by atoms with Gasteiger partial charge in [0.15, 0.2) is 0 Å². The number of aromatic carboxylic acids is 1. The number of carboxylic acid groups (broad SMARTS) is 1. The van der Waals surface area contributed by atoms with E-state index < -0.39 is 5.97 Å². The maximum absolute atomic E-state index is 12.9. The maximum atomic E-state index is 12.9. The summed E-state index contributed by atoms with van der Waals surface area (Å²) in [6.45, 7) is 4.73. The third-order valence-corrected chi connectivity index (χ3v) is 4.82. The smallest absolute Gasteiger partial charge is 0.354 e. The molecule has 1 atom stereocenters. The van der Waals surface area contributed by atoms with Crippen molar-refractivity contribution in [3.63, 3.8) is 0 Å². The molecule has 2 aromatic rings. The van der Waals surface area contributed by atoms with E-state index >= 15 is 0 Å². The highest BCUT2D eigenvalue weighted by atomic mass is 16.4. The number of hydrogen-bond acceptors (Lipinski definition) is 3. The highest BCUT2D eigenvalue weighted by Crippen LogP contribution is 2.42. The second-order valence-corrected chi connectivity index (χ2v) is 6.58. The largest absolute Gasteiger partial charge is 0.477 e. The Bertz CT molecular complexity index is 771. The first-order chi connectivity index (χ1) is 11.4. The van der Waals surface area contributed by atoms with Crippen molar-refractivity contribution in [3.05, 3.63) is 65.5 Å². The number of carbonyl (C=O) groups excluding carboxylic acids is 1. The fraction of sp³-hybridized carbons (Fsp3) is 0.316. The van der Waals surface area contributed by atoms with Crippen LogP contribution in [0.25, 0.3) is 0 Å². The lowest BCUT2D eigenvalue weighted by Crippen LogP contribution is -2.45. The van der Waals surface area contributed by atoms with Crippen LogP contribution < -0.4 is 0 Å². The van der Waals surface area contributed by atoms with E-state index in [-0.39, 0.29) is 28.8 Å². The normalized spacial score (nSPS) is 19.2. The summed E-state index contributed by atoms with van der Waals surface area (Å²) in [5.41, 5.74) is 0.915. The molecule has 24 heavy (non-hydrogen) atoms. The van der Waals surface area contributed by atoms with Gasteiger partial charge in [-0.25, -0.2) is 9.78 Å². The van der Waals surface area contributed by atoms with E-state index in [1.165, 1.54) is 11.6 Å². The summed E-state index contributed by atoms with van der Waals surface area (Å²) in [6.07, 6.45) is 0.876. The zero-order chi connectivity index (χ0) is 17.3. The van der Waals surface area contributed by atoms with Crippen LogP contribution in [0.2, 0.25) is 0 Å². The van der Waals surface area contributed by atoms with Crippen LogP contribution in [0, 0.1) is 0 Å². The second kappa shape index (κ2) is 6.07. The van der Waals surface area contributed by atoms with Crippen LogP contribution in [0.15, 0.2) is 48.5 Å². The minimum Gasteiger partial charge on any atom is -0.477 e. The fourth-order valence-corrected chi connectivity index (χ4v) is 3.52. The summed E-state index contributed by atoms with van der Waals surface area (Å²) in [5, 5.41) is 9.06. The van der Waals surface area contributed by atoms with Crippen molar-refractivity contribution >= 4 is 11.9 Å². The minimum atomic E-state index is -1.13. The molecular formula is C19H20N2O3. The summed E-state index contributed by atoms with van der Waals surface area (Å²) < 4.78 is 0. The number of nitrogens with zero attached hydrogens (tertiary/aromatic N) is 2. The number of hydrogen-bond donors (Lipinski definition) is 1. The number of carboxylic acids is 1. The standard InChI is InChI=1S/C19H20N2O3/c1-19(2)14(13-7-4-3-5-8-13)11-12-21(19)17(22)15-9-6-10-16(20-15)18(23)24/h3-10,14H,11-12H2,1-2H3,(H,23,24). The molecule has 0 saturated carbocycles. The first-order valence-corrected chi connectivity index (χ1v) is 7.98. The monoisotopic (exact) mass is 324 g/mol. The summed E-state index contributed by atoms with van der Waals surface area (Å²) in [7, 11) is 0. The zero-order valence-electron chi connectivity index (χ0n) is 13.8. The van der Waals surface area contributed by atoms with E-state index in [2.05, 4.69) is 31.0 Å². The molecule has 1 amide bonds. The maximum Gasteiger partial charge on any atom is 0.354 e. The molecule has 0 aliphatic carbocycles. The van der Waals surface area contributed by atoms with Crippen molar-refractivity contribution < 1.29 is 14.7 Å². The van der Waals surface area contributed by atoms with Gasteiger partial charge in [0.25, 0.3) is 5.91 Å². The Kier molecular flexibility index (Phi) is 4.09. The Morgan fingerprint density at radius 2 is 1.75 bits per heavy atom. The average Bonchev–Trinajstić information content (AvgIpc) is 2.90. The predicted molar refractivity (Wildman–Crippen MR) is 90.1 cm³/mol. The van der Waals surface area contributed by atoms with E-state index in [1.54, 1.807) is 17.0 Å². The SMILES string of the molecule is CC1(C)C(c2ccccc2)CCN1C(=O)c1cccc(C(=O)O)n1. The lowest BCUT2D eigenvalue weighted by molar-refractivity contribution is 0.0628. The van der Waals surface area contributed by atoms with Gasteiger partial charge in [-0.2, -0.15) is 0 Å². The Hall–Kier alpha value is -2.69. The molecule has 0 bridgehead atoms. The van der Waals surface area contributed by atoms with Crippen LogP contribution in [-0.4, -0.2) is 39.0 Å². The van der Waals surface area contributed by atoms with Gasteiger partial charge in [-0.1, -0.05) is 36.4 Å². The van der Waals surface area contributed by atoms with Gasteiger partial charge in [-0.05, 0) is 38.0 Å². The molecule has 1 aromatic carbocycles. The Morgan fingerprint density at radius 3 is 2.42 bits per heavy atom. The van der Waals surface area contributed by atoms with Crippen molar-refractivity contribution in [2.24, 2.45) is 0 Å². The molecule has 124 valence electrons. The van der Waals surface area contributed by atoms with E-state index in [0.29, 0.717) is 6.54 Å². The number of amides is 1. The first kappa shape index (κ1) is 16.2. The van der Waals surface area contributed by atoms with Gasteiger partial charge in [0, 0.05) is 18.0 Å². The lowest BCUT2D eigenvalue weighted by Gasteiger charge is -2.36. The summed E-state index contributed by atoms with van der Waals surface area (Å²) >= 11 is 0. The van der Waals surface area contributed by atoms with E-state index in [1.807, 2.05) is 18.2 Å². The quantitative estimate of drug-likeness (QED) is 0.941. The van der Waals surface area contributed by atoms with Gasteiger partial charge in [0.1, 0.15) is 11.4 Å². The first-order valence-electron chi connectivity index (χ1n) is 7.98. The molecule has 5 heteroatoms. The average molecular weight is 324 g/mol. The number of likely N-dealkylation sites (tertiary alicyclic amines) is 1. The van der Waals surface area contributed by atoms with Crippen molar-refractivity contribution in [3.8, 4) is 0 Å². The second-order valence-electron chi connectivity index (χ2n) is 6.58. The number of pyridine rings is 1. The highest BCUT2D eigenvalue weighted by molar-refractivity contribution is 5.95. The van der Waals surface area contributed by atoms with Crippen LogP contribution in [-0.2, 0) is 0 Å². The van der Waals surface area contributed by atoms with E-state index in [0.717, 1.165) is 6.42 Å². The summed E-state index contributed by atoms with van der Waals surface area (Å²) in [5.74, 6) is -1.11. The van der Waals surface area contributed by atoms with E-state index in [4.69, 9.17) is 5.11 Å². The number of carbonyl (C=O) groups is 2. The molecule has 1 saturated heterocycles. The number of aromatic nitrogens is 1. The third kappa shape index (κ3) is 2.77. The zero-order valence-corrected chi connectivity index (χ0v) is 13.8. The van der Waals surface area contributed by atoms with Gasteiger partial charge >= 0.3 is 5.97 Å². The Balaban J connectivity index is 1.89. The van der Waals surface area contributed by atoms with Crippen LogP contribution >= 0.6 is 0 Å². The highest BCUT2D eigenvalue weighted by Gasteiger charge is 2.44. The molecule has 2 heterocycles. The van der Waals surface area contributed by atoms with Crippen LogP contribution in [0.5, 0.6) is 0 Å². The van der Waals surface area contributed by atoms with Crippen LogP contribution in [0.4, 0.5) is 0 Å². The van der Waals surface area contributed by atoms with Crippen molar-refractivity contribution in [2.75, 3.05) is 6.54 Å². The Labute approximate surface area is 140 Å². The fourth-order valence-electron chi connectivity index (χ4n) is 3.52. The molecular weight excluding hydrogens is 304 g/mol. The van der Waals surface area contributed by atoms with E-state index in [9.17, 15) is 9.59 Å². The van der Waals surface area contributed by atoms with Crippen molar-refractivity contribution in [2.45, 2.75) is 31.7 Å². The van der Waals surface area contributed by atoms with Crippen molar-refractivity contribution in [1.82, 2.24) is 9.88 Å². The molecule has 1 fully saturated rings. The van der Waals surface area contributed by atoms with Gasteiger partial charge < -0.3 is 10.0 Å². The molecule has 0 radical (unpaired) electrons. The van der Waals surface area contributed by atoms with Gasteiger partial charge in [-0.3, -0.25) is 4.79 Å². The minimum absolute atomic E-state index is 0.113. The molecule has 5 nitrogen and oxygen atoms in total.